The van der Waals surface area contributed by atoms with E-state index in [1.165, 1.54) is 19.9 Å². The number of imidazole rings is 1. The molecule has 2 aromatic carbocycles. The monoisotopic (exact) mass is 491 g/mol. The second kappa shape index (κ2) is 8.57. The van der Waals surface area contributed by atoms with Crippen LogP contribution in [0.5, 0.6) is 0 Å². The molecule has 6 nitrogen and oxygen atoms in total. The first kappa shape index (κ1) is 24.0. The summed E-state index contributed by atoms with van der Waals surface area (Å²) in [4.78, 5) is 18.2. The van der Waals surface area contributed by atoms with Crippen molar-refractivity contribution >= 4 is 21.4 Å². The Morgan fingerprint density at radius 3 is 2.29 bits per heavy atom. The zero-order valence-corrected chi connectivity index (χ0v) is 19.5. The Balaban J connectivity index is 1.52. The van der Waals surface area contributed by atoms with Crippen LogP contribution >= 0.6 is 0 Å². The Morgan fingerprint density at radius 2 is 1.71 bits per heavy atom. The average molecular weight is 492 g/mol. The number of amides is 1. The molecule has 1 amide bonds. The van der Waals surface area contributed by atoms with Gasteiger partial charge in [-0.25, -0.2) is 13.4 Å². The van der Waals surface area contributed by atoms with Gasteiger partial charge in [-0.15, -0.1) is 0 Å². The highest BCUT2D eigenvalue weighted by Crippen LogP contribution is 2.40. The Kier molecular flexibility index (Phi) is 6.05. The molecule has 0 bridgehead atoms. The lowest BCUT2D eigenvalue weighted by molar-refractivity contribution is -0.137. The van der Waals surface area contributed by atoms with Crippen molar-refractivity contribution in [3.05, 3.63) is 72.8 Å². The first-order valence-corrected chi connectivity index (χ1v) is 12.2. The molecule has 34 heavy (non-hydrogen) atoms. The van der Waals surface area contributed by atoms with Crippen molar-refractivity contribution in [1.29, 1.82) is 0 Å². The first-order chi connectivity index (χ1) is 15.9. The number of hydrogen-bond acceptors (Lipinski definition) is 4. The van der Waals surface area contributed by atoms with Gasteiger partial charge in [-0.2, -0.15) is 13.2 Å². The first-order valence-electron chi connectivity index (χ1n) is 10.7. The zero-order chi connectivity index (χ0) is 24.7. The maximum atomic E-state index is 13.3. The molecule has 0 radical (unpaired) electrons. The van der Waals surface area contributed by atoms with E-state index in [-0.39, 0.29) is 12.3 Å². The number of rotatable bonds is 5. The van der Waals surface area contributed by atoms with Gasteiger partial charge in [0.05, 0.1) is 21.5 Å². The quantitative estimate of drug-likeness (QED) is 0.510. The molecule has 0 saturated carbocycles. The predicted octanol–water partition coefficient (Wildman–Crippen LogP) is 4.89. The van der Waals surface area contributed by atoms with Crippen LogP contribution in [-0.4, -0.2) is 35.2 Å². The molecule has 1 aromatic heterocycles. The standard InChI is InChI=1S/C24H24F3N3O3S/c1-23(2,34(32,33)21-5-3-4-18(14-21)24(25,26)27)17-10-12-30(22(31)15-17)20-8-6-19(7-9-20)29-13-11-28-16-29/h3-9,11,13-14,16-17H,10,12,15H2,1-2H3/t17-/m1/s1. The molecule has 4 rings (SSSR count). The number of halogens is 3. The van der Waals surface area contributed by atoms with E-state index in [1.54, 1.807) is 23.6 Å². The van der Waals surface area contributed by atoms with Gasteiger partial charge in [0.1, 0.15) is 0 Å². The highest BCUT2D eigenvalue weighted by molar-refractivity contribution is 7.92. The van der Waals surface area contributed by atoms with Crippen molar-refractivity contribution in [3.63, 3.8) is 0 Å². The van der Waals surface area contributed by atoms with E-state index in [4.69, 9.17) is 0 Å². The predicted molar refractivity (Wildman–Crippen MR) is 121 cm³/mol. The van der Waals surface area contributed by atoms with Gasteiger partial charge in [0.15, 0.2) is 9.84 Å². The number of benzene rings is 2. The summed E-state index contributed by atoms with van der Waals surface area (Å²) in [5.41, 5.74) is 0.567. The van der Waals surface area contributed by atoms with E-state index in [2.05, 4.69) is 4.98 Å². The van der Waals surface area contributed by atoms with Crippen LogP contribution in [0.3, 0.4) is 0 Å². The van der Waals surface area contributed by atoms with Gasteiger partial charge in [0.2, 0.25) is 5.91 Å². The molecule has 1 atom stereocenters. The highest BCUT2D eigenvalue weighted by Gasteiger charge is 2.46. The van der Waals surface area contributed by atoms with Crippen LogP contribution < -0.4 is 4.90 Å². The van der Waals surface area contributed by atoms with Crippen LogP contribution in [0, 0.1) is 5.92 Å². The number of aromatic nitrogens is 2. The summed E-state index contributed by atoms with van der Waals surface area (Å²) in [5, 5.41) is 0. The van der Waals surface area contributed by atoms with Crippen molar-refractivity contribution in [2.24, 2.45) is 5.92 Å². The van der Waals surface area contributed by atoms with E-state index < -0.39 is 37.1 Å². The molecule has 0 spiro atoms. The van der Waals surface area contributed by atoms with Crippen molar-refractivity contribution < 1.29 is 26.4 Å². The third kappa shape index (κ3) is 4.34. The third-order valence-electron chi connectivity index (χ3n) is 6.53. The van der Waals surface area contributed by atoms with Gasteiger partial charge in [-0.3, -0.25) is 4.79 Å². The smallest absolute Gasteiger partial charge is 0.312 e. The lowest BCUT2D eigenvalue weighted by Crippen LogP contribution is -2.48. The third-order valence-corrected chi connectivity index (χ3v) is 9.13. The SMILES string of the molecule is CC(C)([C@@H]1CCN(c2ccc(-n3ccnc3)cc2)C(=O)C1)S(=O)(=O)c1cccc(C(F)(F)F)c1. The molecule has 0 aliphatic carbocycles. The largest absolute Gasteiger partial charge is 0.416 e. The van der Waals surface area contributed by atoms with Gasteiger partial charge in [-0.05, 0) is 68.7 Å². The van der Waals surface area contributed by atoms with Crippen LogP contribution in [0.15, 0.2) is 72.1 Å². The van der Waals surface area contributed by atoms with Gasteiger partial charge >= 0.3 is 6.18 Å². The lowest BCUT2D eigenvalue weighted by atomic mass is 9.85. The minimum absolute atomic E-state index is 0.0194. The molecule has 1 aliphatic heterocycles. The molecule has 1 fully saturated rings. The molecular weight excluding hydrogens is 467 g/mol. The number of anilines is 1. The molecule has 1 aliphatic rings. The Morgan fingerprint density at radius 1 is 1.03 bits per heavy atom. The number of alkyl halides is 3. The van der Waals surface area contributed by atoms with Crippen LogP contribution in [0.25, 0.3) is 5.69 Å². The van der Waals surface area contributed by atoms with Crippen LogP contribution in [0.1, 0.15) is 32.3 Å². The molecule has 1 saturated heterocycles. The molecule has 0 N–H and O–H groups in total. The molecule has 0 unspecified atom stereocenters. The van der Waals surface area contributed by atoms with Crippen molar-refractivity contribution in [2.45, 2.75) is 42.5 Å². The molecule has 10 heteroatoms. The summed E-state index contributed by atoms with van der Waals surface area (Å²) < 4.78 is 66.4. The fraction of sp³-hybridized carbons (Fsp3) is 0.333. The molecular formula is C24H24F3N3O3S. The van der Waals surface area contributed by atoms with E-state index in [9.17, 15) is 26.4 Å². The van der Waals surface area contributed by atoms with Gasteiger partial charge in [0, 0.05) is 36.7 Å². The Bertz CT molecular complexity index is 1280. The van der Waals surface area contributed by atoms with E-state index in [1.807, 2.05) is 28.8 Å². The number of carbonyl (C=O) groups excluding carboxylic acids is 1. The normalized spacial score (nSPS) is 17.7. The van der Waals surface area contributed by atoms with E-state index in [0.717, 1.165) is 17.8 Å². The summed E-state index contributed by atoms with van der Waals surface area (Å²) in [6.45, 7) is 3.28. The number of carbonyl (C=O) groups is 1. The Hall–Kier alpha value is -3.14. The van der Waals surface area contributed by atoms with Crippen LogP contribution in [-0.2, 0) is 20.8 Å². The van der Waals surface area contributed by atoms with E-state index >= 15 is 0 Å². The Labute approximate surface area is 196 Å². The van der Waals surface area contributed by atoms with Crippen LogP contribution in [0.4, 0.5) is 18.9 Å². The maximum absolute atomic E-state index is 13.3. The van der Waals surface area contributed by atoms with Gasteiger partial charge < -0.3 is 9.47 Å². The second-order valence-corrected chi connectivity index (χ2v) is 11.4. The van der Waals surface area contributed by atoms with Crippen molar-refractivity contribution in [1.82, 2.24) is 9.55 Å². The summed E-state index contributed by atoms with van der Waals surface area (Å²) in [5.74, 6) is -0.764. The topological polar surface area (TPSA) is 72.3 Å². The fourth-order valence-corrected chi connectivity index (χ4v) is 6.07. The van der Waals surface area contributed by atoms with Gasteiger partial charge in [-0.1, -0.05) is 6.07 Å². The van der Waals surface area contributed by atoms with Crippen LogP contribution in [0.2, 0.25) is 0 Å². The summed E-state index contributed by atoms with van der Waals surface area (Å²) in [6, 6.07) is 11.1. The number of piperidine rings is 1. The average Bonchev–Trinajstić information content (AvgIpc) is 3.33. The minimum Gasteiger partial charge on any atom is -0.312 e. The van der Waals surface area contributed by atoms with Crippen molar-refractivity contribution in [2.75, 3.05) is 11.4 Å². The summed E-state index contributed by atoms with van der Waals surface area (Å²) in [7, 11) is -4.14. The number of sulfone groups is 1. The second-order valence-electron chi connectivity index (χ2n) is 8.85. The fourth-order valence-electron chi connectivity index (χ4n) is 4.28. The maximum Gasteiger partial charge on any atom is 0.416 e. The highest BCUT2D eigenvalue weighted by atomic mass is 32.2. The summed E-state index contributed by atoms with van der Waals surface area (Å²) >= 11 is 0. The molecule has 2 heterocycles. The summed E-state index contributed by atoms with van der Waals surface area (Å²) in [6.07, 6.45) is 0.869. The van der Waals surface area contributed by atoms with Gasteiger partial charge in [0.25, 0.3) is 0 Å². The van der Waals surface area contributed by atoms with Crippen molar-refractivity contribution in [3.8, 4) is 5.69 Å². The molecule has 180 valence electrons. The minimum atomic E-state index is -4.65. The zero-order valence-electron chi connectivity index (χ0n) is 18.7. The molecule has 3 aromatic rings. The van der Waals surface area contributed by atoms with E-state index in [0.29, 0.717) is 24.7 Å². The number of hydrogen-bond donors (Lipinski definition) is 0. The lowest BCUT2D eigenvalue weighted by Gasteiger charge is -2.39. The number of nitrogens with zero attached hydrogens (tertiary/aromatic N) is 3.